The van der Waals surface area contributed by atoms with Crippen LogP contribution in [0.5, 0.6) is 0 Å². The lowest BCUT2D eigenvalue weighted by atomic mass is 9.93. The lowest BCUT2D eigenvalue weighted by Crippen LogP contribution is -2.35. The van der Waals surface area contributed by atoms with Crippen molar-refractivity contribution in [1.29, 1.82) is 0 Å². The molecule has 1 aromatic rings. The molecule has 1 saturated heterocycles. The maximum atomic E-state index is 3.24. The van der Waals surface area contributed by atoms with E-state index in [1.54, 1.807) is 0 Å². The van der Waals surface area contributed by atoms with E-state index in [4.69, 9.17) is 0 Å². The van der Waals surface area contributed by atoms with E-state index in [0.29, 0.717) is 0 Å². The molecule has 2 nitrogen and oxygen atoms in total. The number of nitrogens with one attached hydrogen (secondary N) is 1. The highest BCUT2D eigenvalue weighted by Crippen LogP contribution is 2.22. The molecule has 1 atom stereocenters. The van der Waals surface area contributed by atoms with Gasteiger partial charge in [-0.1, -0.05) is 30.3 Å². The van der Waals surface area contributed by atoms with Crippen LogP contribution in [-0.4, -0.2) is 31.6 Å². The van der Waals surface area contributed by atoms with E-state index in [2.05, 4.69) is 40.5 Å². The van der Waals surface area contributed by atoms with Crippen LogP contribution in [-0.2, 0) is 6.54 Å². The van der Waals surface area contributed by atoms with Gasteiger partial charge in [0.15, 0.2) is 0 Å². The molecule has 0 unspecified atom stereocenters. The first kappa shape index (κ1) is 13.6. The Hall–Kier alpha value is -0.860. The molecule has 2 heteroatoms. The van der Waals surface area contributed by atoms with Crippen LogP contribution in [0.1, 0.15) is 31.2 Å². The molecule has 0 spiro atoms. The largest absolute Gasteiger partial charge is 0.320 e. The van der Waals surface area contributed by atoms with Crippen molar-refractivity contribution in [1.82, 2.24) is 10.2 Å². The summed E-state index contributed by atoms with van der Waals surface area (Å²) < 4.78 is 0. The molecular weight excluding hydrogens is 220 g/mol. The van der Waals surface area contributed by atoms with Gasteiger partial charge in [-0.2, -0.15) is 0 Å². The SMILES string of the molecule is CNCCC[C@H]1CCCN(Cc2ccccc2)C1. The highest BCUT2D eigenvalue weighted by atomic mass is 15.1. The quantitative estimate of drug-likeness (QED) is 0.776. The Bertz CT molecular complexity index is 323. The van der Waals surface area contributed by atoms with Gasteiger partial charge in [0.2, 0.25) is 0 Å². The molecule has 1 aliphatic heterocycles. The fourth-order valence-electron chi connectivity index (χ4n) is 2.94. The summed E-state index contributed by atoms with van der Waals surface area (Å²) in [5.74, 6) is 0.913. The molecule has 2 rings (SSSR count). The number of benzene rings is 1. The third-order valence-electron chi connectivity index (χ3n) is 3.89. The van der Waals surface area contributed by atoms with Crippen molar-refractivity contribution in [3.63, 3.8) is 0 Å². The molecule has 1 aliphatic rings. The maximum Gasteiger partial charge on any atom is 0.0233 e. The Balaban J connectivity index is 1.76. The summed E-state index contributed by atoms with van der Waals surface area (Å²) in [6.07, 6.45) is 5.50. The van der Waals surface area contributed by atoms with Gasteiger partial charge in [0, 0.05) is 13.1 Å². The molecule has 0 saturated carbocycles. The van der Waals surface area contributed by atoms with Crippen LogP contribution in [0.4, 0.5) is 0 Å². The third kappa shape index (κ3) is 4.43. The van der Waals surface area contributed by atoms with Gasteiger partial charge in [0.1, 0.15) is 0 Å². The monoisotopic (exact) mass is 246 g/mol. The van der Waals surface area contributed by atoms with Crippen LogP contribution in [0.15, 0.2) is 30.3 Å². The molecule has 0 aliphatic carbocycles. The van der Waals surface area contributed by atoms with E-state index in [1.165, 1.54) is 44.3 Å². The Morgan fingerprint density at radius 1 is 1.28 bits per heavy atom. The fraction of sp³-hybridized carbons (Fsp3) is 0.625. The van der Waals surface area contributed by atoms with E-state index in [0.717, 1.165) is 19.0 Å². The predicted octanol–water partition coefficient (Wildman–Crippen LogP) is 2.90. The van der Waals surface area contributed by atoms with E-state index in [9.17, 15) is 0 Å². The molecule has 1 heterocycles. The number of hydrogen-bond acceptors (Lipinski definition) is 2. The van der Waals surface area contributed by atoms with Crippen LogP contribution in [0.25, 0.3) is 0 Å². The van der Waals surface area contributed by atoms with Crippen molar-refractivity contribution in [3.8, 4) is 0 Å². The second-order valence-corrected chi connectivity index (χ2v) is 5.47. The predicted molar refractivity (Wildman–Crippen MR) is 77.6 cm³/mol. The smallest absolute Gasteiger partial charge is 0.0233 e. The molecule has 0 amide bonds. The normalized spacial score (nSPS) is 21.1. The van der Waals surface area contributed by atoms with Crippen molar-refractivity contribution in [2.45, 2.75) is 32.2 Å². The molecule has 1 N–H and O–H groups in total. The summed E-state index contributed by atoms with van der Waals surface area (Å²) in [6.45, 7) is 4.86. The summed E-state index contributed by atoms with van der Waals surface area (Å²) in [5.41, 5.74) is 1.45. The highest BCUT2D eigenvalue weighted by molar-refractivity contribution is 5.14. The number of rotatable bonds is 6. The van der Waals surface area contributed by atoms with Gasteiger partial charge in [-0.25, -0.2) is 0 Å². The summed E-state index contributed by atoms with van der Waals surface area (Å²) in [5, 5.41) is 3.24. The minimum Gasteiger partial charge on any atom is -0.320 e. The molecule has 0 bridgehead atoms. The van der Waals surface area contributed by atoms with Crippen molar-refractivity contribution in [3.05, 3.63) is 35.9 Å². The molecule has 100 valence electrons. The van der Waals surface area contributed by atoms with Crippen LogP contribution < -0.4 is 5.32 Å². The Kier molecular flexibility index (Phi) is 5.69. The average molecular weight is 246 g/mol. The second-order valence-electron chi connectivity index (χ2n) is 5.47. The zero-order valence-corrected chi connectivity index (χ0v) is 11.6. The van der Waals surface area contributed by atoms with Crippen LogP contribution >= 0.6 is 0 Å². The topological polar surface area (TPSA) is 15.3 Å². The molecule has 1 fully saturated rings. The number of likely N-dealkylation sites (tertiary alicyclic amines) is 1. The third-order valence-corrected chi connectivity index (χ3v) is 3.89. The van der Waals surface area contributed by atoms with Gasteiger partial charge in [-0.15, -0.1) is 0 Å². The summed E-state index contributed by atoms with van der Waals surface area (Å²) >= 11 is 0. The summed E-state index contributed by atoms with van der Waals surface area (Å²) in [4.78, 5) is 2.63. The van der Waals surface area contributed by atoms with Crippen molar-refractivity contribution in [2.75, 3.05) is 26.7 Å². The molecule has 1 aromatic carbocycles. The Labute approximate surface area is 111 Å². The molecular formula is C16H26N2. The van der Waals surface area contributed by atoms with E-state index in [-0.39, 0.29) is 0 Å². The Morgan fingerprint density at radius 3 is 2.89 bits per heavy atom. The van der Waals surface area contributed by atoms with Crippen LogP contribution in [0.2, 0.25) is 0 Å². The van der Waals surface area contributed by atoms with Crippen LogP contribution in [0, 0.1) is 5.92 Å². The van der Waals surface area contributed by atoms with Gasteiger partial charge in [0.05, 0.1) is 0 Å². The second kappa shape index (κ2) is 7.55. The van der Waals surface area contributed by atoms with E-state index in [1.807, 2.05) is 7.05 Å². The van der Waals surface area contributed by atoms with Crippen molar-refractivity contribution in [2.24, 2.45) is 5.92 Å². The summed E-state index contributed by atoms with van der Waals surface area (Å²) in [7, 11) is 2.04. The van der Waals surface area contributed by atoms with Gasteiger partial charge in [-0.05, 0) is 57.3 Å². The Morgan fingerprint density at radius 2 is 2.11 bits per heavy atom. The molecule has 0 aromatic heterocycles. The first-order chi connectivity index (χ1) is 8.88. The molecule has 0 radical (unpaired) electrons. The van der Waals surface area contributed by atoms with Crippen LogP contribution in [0.3, 0.4) is 0 Å². The minimum absolute atomic E-state index is 0.913. The minimum atomic E-state index is 0.913. The van der Waals surface area contributed by atoms with Gasteiger partial charge < -0.3 is 5.32 Å². The van der Waals surface area contributed by atoms with Crippen molar-refractivity contribution < 1.29 is 0 Å². The average Bonchev–Trinajstić information content (AvgIpc) is 2.41. The number of piperidine rings is 1. The fourth-order valence-corrected chi connectivity index (χ4v) is 2.94. The number of hydrogen-bond donors (Lipinski definition) is 1. The lowest BCUT2D eigenvalue weighted by Gasteiger charge is -2.32. The number of nitrogens with zero attached hydrogens (tertiary/aromatic N) is 1. The lowest BCUT2D eigenvalue weighted by molar-refractivity contribution is 0.160. The van der Waals surface area contributed by atoms with Gasteiger partial charge in [0.25, 0.3) is 0 Å². The van der Waals surface area contributed by atoms with E-state index >= 15 is 0 Å². The highest BCUT2D eigenvalue weighted by Gasteiger charge is 2.19. The zero-order valence-electron chi connectivity index (χ0n) is 11.6. The summed E-state index contributed by atoms with van der Waals surface area (Å²) in [6, 6.07) is 10.9. The first-order valence-electron chi connectivity index (χ1n) is 7.29. The first-order valence-corrected chi connectivity index (χ1v) is 7.29. The van der Waals surface area contributed by atoms with Gasteiger partial charge in [-0.3, -0.25) is 4.90 Å². The van der Waals surface area contributed by atoms with Gasteiger partial charge >= 0.3 is 0 Å². The maximum absolute atomic E-state index is 3.24. The zero-order chi connectivity index (χ0) is 12.6. The molecule has 18 heavy (non-hydrogen) atoms. The van der Waals surface area contributed by atoms with Crippen molar-refractivity contribution >= 4 is 0 Å². The standard InChI is InChI=1S/C16H26N2/c1-17-11-5-9-16-10-6-12-18(14-16)13-15-7-3-2-4-8-15/h2-4,7-8,16-17H,5-6,9-14H2,1H3/t16-/m0/s1. The van der Waals surface area contributed by atoms with E-state index < -0.39 is 0 Å².